The van der Waals surface area contributed by atoms with Crippen molar-refractivity contribution >= 4 is 17.2 Å². The second kappa shape index (κ2) is 3.85. The molecule has 1 aliphatic heterocycles. The number of hydrogen-bond donors (Lipinski definition) is 1. The minimum atomic E-state index is -0.0704. The number of rotatable bonds is 3. The zero-order valence-electron chi connectivity index (χ0n) is 11.7. The summed E-state index contributed by atoms with van der Waals surface area (Å²) >= 11 is 0. The van der Waals surface area contributed by atoms with E-state index in [1.54, 1.807) is 0 Å². The van der Waals surface area contributed by atoms with Gasteiger partial charge in [-0.1, -0.05) is 0 Å². The highest BCUT2D eigenvalue weighted by Gasteiger charge is 2.53. The van der Waals surface area contributed by atoms with Crippen LogP contribution in [0.4, 0.5) is 5.69 Å². The van der Waals surface area contributed by atoms with E-state index in [2.05, 4.69) is 17.2 Å². The lowest BCUT2D eigenvalue weighted by molar-refractivity contribution is -0.118. The van der Waals surface area contributed by atoms with E-state index in [1.165, 1.54) is 18.4 Å². The van der Waals surface area contributed by atoms with Gasteiger partial charge in [-0.2, -0.15) is 0 Å². The first-order valence-electron chi connectivity index (χ1n) is 7.68. The Morgan fingerprint density at radius 2 is 2.19 bits per heavy atom. The normalized spacial score (nSPS) is 27.5. The van der Waals surface area contributed by atoms with Crippen molar-refractivity contribution in [3.8, 4) is 0 Å². The van der Waals surface area contributed by atoms with Crippen LogP contribution in [0.3, 0.4) is 0 Å². The van der Waals surface area contributed by atoms with Crippen LogP contribution in [0.5, 0.6) is 0 Å². The molecule has 5 heteroatoms. The van der Waals surface area contributed by atoms with Gasteiger partial charge in [0.1, 0.15) is 0 Å². The average Bonchev–Trinajstić information content (AvgIpc) is 3.39. The van der Waals surface area contributed by atoms with Gasteiger partial charge >= 0.3 is 0 Å². The number of anilines is 1. The molecule has 0 radical (unpaired) electrons. The molecule has 2 aliphatic carbocycles. The average molecular weight is 283 g/mol. The van der Waals surface area contributed by atoms with E-state index in [9.17, 15) is 9.90 Å². The molecule has 2 atom stereocenters. The van der Waals surface area contributed by atoms with Gasteiger partial charge in [0.05, 0.1) is 18.0 Å². The monoisotopic (exact) mass is 283 g/mol. The summed E-state index contributed by atoms with van der Waals surface area (Å²) < 4.78 is 1.98. The third-order valence-electron chi connectivity index (χ3n) is 5.03. The van der Waals surface area contributed by atoms with Gasteiger partial charge in [-0.05, 0) is 42.7 Å². The molecule has 5 nitrogen and oxygen atoms in total. The maximum Gasteiger partial charge on any atom is 0.230 e. The van der Waals surface area contributed by atoms with Crippen molar-refractivity contribution in [3.05, 3.63) is 29.7 Å². The number of aliphatic hydroxyl groups excluding tert-OH is 1. The van der Waals surface area contributed by atoms with E-state index < -0.39 is 0 Å². The van der Waals surface area contributed by atoms with Crippen LogP contribution in [-0.2, 0) is 11.4 Å². The lowest BCUT2D eigenvalue weighted by Crippen LogP contribution is -2.28. The van der Waals surface area contributed by atoms with Crippen LogP contribution in [-0.4, -0.2) is 26.9 Å². The molecule has 0 bridgehead atoms. The molecule has 2 saturated carbocycles. The van der Waals surface area contributed by atoms with Gasteiger partial charge in [0.25, 0.3) is 0 Å². The Hall–Kier alpha value is -1.88. The third kappa shape index (κ3) is 1.67. The van der Waals surface area contributed by atoms with Crippen molar-refractivity contribution < 1.29 is 9.90 Å². The molecule has 108 valence electrons. The Balaban J connectivity index is 1.68. The van der Waals surface area contributed by atoms with Crippen LogP contribution in [0.2, 0.25) is 0 Å². The second-order valence-electron chi connectivity index (χ2n) is 6.61. The van der Waals surface area contributed by atoms with Gasteiger partial charge in [0.2, 0.25) is 5.91 Å². The van der Waals surface area contributed by atoms with Crippen molar-refractivity contribution in [2.24, 2.45) is 11.8 Å². The SMILES string of the molecule is O=C1C2CC2CN1c1cc(C2CC2)cn2cc(CO)nc12. The number of imidazole rings is 1. The van der Waals surface area contributed by atoms with Gasteiger partial charge in [-0.3, -0.25) is 4.79 Å². The first-order valence-corrected chi connectivity index (χ1v) is 7.68. The Morgan fingerprint density at radius 3 is 2.86 bits per heavy atom. The molecule has 5 rings (SSSR count). The fourth-order valence-corrected chi connectivity index (χ4v) is 3.56. The molecule has 1 N–H and O–H groups in total. The summed E-state index contributed by atoms with van der Waals surface area (Å²) in [6.45, 7) is 0.758. The molecular formula is C16H17N3O2. The number of aromatic nitrogens is 2. The molecule has 2 unspecified atom stereocenters. The molecule has 2 aromatic heterocycles. The van der Waals surface area contributed by atoms with Gasteiger partial charge < -0.3 is 14.4 Å². The van der Waals surface area contributed by atoms with E-state index in [4.69, 9.17) is 0 Å². The lowest BCUT2D eigenvalue weighted by atomic mass is 10.1. The van der Waals surface area contributed by atoms with Crippen molar-refractivity contribution in [2.45, 2.75) is 31.8 Å². The number of pyridine rings is 1. The molecule has 2 aromatic rings. The Kier molecular flexibility index (Phi) is 2.16. The minimum Gasteiger partial charge on any atom is -0.390 e. The molecular weight excluding hydrogens is 266 g/mol. The standard InChI is InChI=1S/C16H17N3O2/c20-8-12-7-18-5-10(9-1-2-9)4-14(15(18)17-12)19-6-11-3-13(11)16(19)21/h4-5,7,9,11,13,20H,1-3,6,8H2. The summed E-state index contributed by atoms with van der Waals surface area (Å²) in [5, 5.41) is 9.33. The van der Waals surface area contributed by atoms with Crippen molar-refractivity contribution in [1.29, 1.82) is 0 Å². The van der Waals surface area contributed by atoms with Crippen LogP contribution in [0, 0.1) is 11.8 Å². The molecule has 3 aliphatic rings. The molecule has 1 amide bonds. The highest BCUT2D eigenvalue weighted by molar-refractivity contribution is 6.02. The lowest BCUT2D eigenvalue weighted by Gasteiger charge is -2.20. The molecule has 0 spiro atoms. The van der Waals surface area contributed by atoms with Gasteiger partial charge in [0.15, 0.2) is 5.65 Å². The maximum atomic E-state index is 12.4. The number of fused-ring (bicyclic) bond motifs is 2. The molecule has 3 heterocycles. The van der Waals surface area contributed by atoms with Crippen molar-refractivity contribution in [2.75, 3.05) is 11.4 Å². The van der Waals surface area contributed by atoms with E-state index in [1.807, 2.05) is 15.5 Å². The quantitative estimate of drug-likeness (QED) is 0.932. The highest BCUT2D eigenvalue weighted by Crippen LogP contribution is 2.49. The highest BCUT2D eigenvalue weighted by atomic mass is 16.3. The van der Waals surface area contributed by atoms with Crippen LogP contribution >= 0.6 is 0 Å². The number of piperidine rings is 1. The summed E-state index contributed by atoms with van der Waals surface area (Å²) in [6, 6.07) is 2.14. The molecule has 0 aromatic carbocycles. The zero-order valence-corrected chi connectivity index (χ0v) is 11.7. The van der Waals surface area contributed by atoms with Crippen LogP contribution < -0.4 is 4.90 Å². The van der Waals surface area contributed by atoms with Gasteiger partial charge in [-0.25, -0.2) is 4.98 Å². The van der Waals surface area contributed by atoms with Crippen LogP contribution in [0.1, 0.15) is 36.4 Å². The summed E-state index contributed by atoms with van der Waals surface area (Å²) in [5.41, 5.74) is 3.66. The van der Waals surface area contributed by atoms with Crippen LogP contribution in [0.15, 0.2) is 18.5 Å². The number of carbonyl (C=O) groups excluding carboxylic acids is 1. The first-order chi connectivity index (χ1) is 10.2. The van der Waals surface area contributed by atoms with Crippen molar-refractivity contribution in [1.82, 2.24) is 9.38 Å². The number of amides is 1. The minimum absolute atomic E-state index is 0.0704. The first kappa shape index (κ1) is 11.7. The van der Waals surface area contributed by atoms with Gasteiger partial charge in [0, 0.05) is 24.9 Å². The zero-order chi connectivity index (χ0) is 14.1. The second-order valence-corrected chi connectivity index (χ2v) is 6.61. The van der Waals surface area contributed by atoms with Crippen LogP contribution in [0.25, 0.3) is 5.65 Å². The Morgan fingerprint density at radius 1 is 1.33 bits per heavy atom. The van der Waals surface area contributed by atoms with E-state index in [0.29, 0.717) is 17.5 Å². The number of carbonyl (C=O) groups is 1. The number of hydrogen-bond acceptors (Lipinski definition) is 3. The van der Waals surface area contributed by atoms with E-state index >= 15 is 0 Å². The summed E-state index contributed by atoms with van der Waals surface area (Å²) in [5.74, 6) is 1.68. The Bertz CT molecular complexity index is 762. The third-order valence-corrected chi connectivity index (χ3v) is 5.03. The fourth-order valence-electron chi connectivity index (χ4n) is 3.56. The number of aliphatic hydroxyl groups is 1. The summed E-state index contributed by atoms with van der Waals surface area (Å²) in [6.07, 6.45) is 7.48. The topological polar surface area (TPSA) is 57.8 Å². The summed E-state index contributed by atoms with van der Waals surface area (Å²) in [7, 11) is 0. The fraction of sp³-hybridized carbons (Fsp3) is 0.500. The van der Waals surface area contributed by atoms with Crippen molar-refractivity contribution in [3.63, 3.8) is 0 Å². The van der Waals surface area contributed by atoms with Gasteiger partial charge in [-0.15, -0.1) is 0 Å². The predicted octanol–water partition coefficient (Wildman–Crippen LogP) is 1.69. The van der Waals surface area contributed by atoms with E-state index in [0.717, 1.165) is 24.3 Å². The van der Waals surface area contributed by atoms with E-state index in [-0.39, 0.29) is 18.4 Å². The Labute approximate surface area is 122 Å². The predicted molar refractivity (Wildman–Crippen MR) is 77.0 cm³/mol. The summed E-state index contributed by atoms with van der Waals surface area (Å²) in [4.78, 5) is 18.8. The molecule has 1 saturated heterocycles. The molecule has 21 heavy (non-hydrogen) atoms. The maximum absolute atomic E-state index is 12.4. The largest absolute Gasteiger partial charge is 0.390 e. The number of nitrogens with zero attached hydrogens (tertiary/aromatic N) is 3. The molecule has 3 fully saturated rings. The smallest absolute Gasteiger partial charge is 0.230 e.